The van der Waals surface area contributed by atoms with E-state index in [9.17, 15) is 0 Å². The zero-order valence-corrected chi connectivity index (χ0v) is 11.2. The molecule has 102 valence electrons. The summed E-state index contributed by atoms with van der Waals surface area (Å²) in [5.41, 5.74) is 2.15. The molecule has 1 saturated heterocycles. The van der Waals surface area contributed by atoms with Crippen LogP contribution < -0.4 is 10.6 Å². The third-order valence-electron chi connectivity index (χ3n) is 3.28. The van der Waals surface area contributed by atoms with Gasteiger partial charge in [0.25, 0.3) is 0 Å². The Balaban J connectivity index is 1.86. The van der Waals surface area contributed by atoms with Crippen LogP contribution >= 0.6 is 0 Å². The van der Waals surface area contributed by atoms with Crippen molar-refractivity contribution in [2.75, 3.05) is 19.6 Å². The van der Waals surface area contributed by atoms with Gasteiger partial charge >= 0.3 is 0 Å². The van der Waals surface area contributed by atoms with Crippen LogP contribution in [0.1, 0.15) is 17.2 Å². The SMILES string of the molecule is c1ccc(C(CN=C2NCCN2)c2cnccn2)cc1. The monoisotopic (exact) mass is 267 g/mol. The van der Waals surface area contributed by atoms with Crippen LogP contribution in [0.25, 0.3) is 0 Å². The molecule has 0 spiro atoms. The predicted octanol–water partition coefficient (Wildman–Crippen LogP) is 1.16. The molecule has 1 unspecified atom stereocenters. The first-order chi connectivity index (χ1) is 9.93. The highest BCUT2D eigenvalue weighted by molar-refractivity contribution is 5.81. The summed E-state index contributed by atoms with van der Waals surface area (Å²) in [5.74, 6) is 0.997. The van der Waals surface area contributed by atoms with Gasteiger partial charge in [-0.3, -0.25) is 15.0 Å². The van der Waals surface area contributed by atoms with Gasteiger partial charge in [-0.1, -0.05) is 30.3 Å². The lowest BCUT2D eigenvalue weighted by Crippen LogP contribution is -2.25. The Morgan fingerprint density at radius 2 is 1.90 bits per heavy atom. The quantitative estimate of drug-likeness (QED) is 0.872. The molecule has 3 rings (SSSR count). The number of hydrogen-bond donors (Lipinski definition) is 2. The second-order valence-corrected chi connectivity index (χ2v) is 4.64. The topological polar surface area (TPSA) is 62.2 Å². The fraction of sp³-hybridized carbons (Fsp3) is 0.267. The summed E-state index contributed by atoms with van der Waals surface area (Å²) in [4.78, 5) is 13.2. The molecule has 20 heavy (non-hydrogen) atoms. The van der Waals surface area contributed by atoms with Crippen molar-refractivity contribution in [3.05, 3.63) is 60.2 Å². The number of aromatic nitrogens is 2. The van der Waals surface area contributed by atoms with E-state index in [0.717, 1.165) is 24.7 Å². The maximum absolute atomic E-state index is 4.60. The van der Waals surface area contributed by atoms with Gasteiger partial charge in [0.1, 0.15) is 0 Å². The van der Waals surface area contributed by atoms with Crippen LogP contribution in [0.3, 0.4) is 0 Å². The van der Waals surface area contributed by atoms with Crippen LogP contribution in [0.15, 0.2) is 53.9 Å². The fourth-order valence-electron chi connectivity index (χ4n) is 2.26. The van der Waals surface area contributed by atoms with Gasteiger partial charge in [0, 0.05) is 37.6 Å². The lowest BCUT2D eigenvalue weighted by Gasteiger charge is -2.14. The largest absolute Gasteiger partial charge is 0.355 e. The van der Waals surface area contributed by atoms with Crippen LogP contribution in [0.4, 0.5) is 0 Å². The number of aliphatic imine (C=N–C) groups is 1. The number of nitrogens with zero attached hydrogens (tertiary/aromatic N) is 3. The molecular formula is C15H17N5. The maximum atomic E-state index is 4.60. The van der Waals surface area contributed by atoms with Crippen LogP contribution in [-0.4, -0.2) is 35.6 Å². The minimum Gasteiger partial charge on any atom is -0.355 e. The lowest BCUT2D eigenvalue weighted by molar-refractivity contribution is 0.775. The van der Waals surface area contributed by atoms with Crippen LogP contribution in [-0.2, 0) is 0 Å². The van der Waals surface area contributed by atoms with Crippen molar-refractivity contribution < 1.29 is 0 Å². The average Bonchev–Trinajstić information content (AvgIpc) is 3.03. The Morgan fingerprint density at radius 3 is 2.60 bits per heavy atom. The number of benzene rings is 1. The third-order valence-corrected chi connectivity index (χ3v) is 3.28. The van der Waals surface area contributed by atoms with Crippen molar-refractivity contribution in [1.82, 2.24) is 20.6 Å². The molecule has 2 aromatic rings. The Bertz CT molecular complexity index is 520. The van der Waals surface area contributed by atoms with Gasteiger partial charge in [-0.25, -0.2) is 0 Å². The molecule has 5 heteroatoms. The highest BCUT2D eigenvalue weighted by atomic mass is 15.2. The fourth-order valence-corrected chi connectivity index (χ4v) is 2.26. The van der Waals surface area contributed by atoms with Crippen molar-refractivity contribution in [1.29, 1.82) is 0 Å². The summed E-state index contributed by atoms with van der Waals surface area (Å²) in [6, 6.07) is 10.3. The highest BCUT2D eigenvalue weighted by Gasteiger charge is 2.16. The van der Waals surface area contributed by atoms with E-state index >= 15 is 0 Å². The van der Waals surface area contributed by atoms with Gasteiger partial charge in [-0.15, -0.1) is 0 Å². The van der Waals surface area contributed by atoms with Crippen LogP contribution in [0.5, 0.6) is 0 Å². The van der Waals surface area contributed by atoms with E-state index in [1.54, 1.807) is 12.4 Å². The van der Waals surface area contributed by atoms with Gasteiger partial charge in [-0.2, -0.15) is 0 Å². The maximum Gasteiger partial charge on any atom is 0.191 e. The Morgan fingerprint density at radius 1 is 1.10 bits per heavy atom. The molecule has 5 nitrogen and oxygen atoms in total. The predicted molar refractivity (Wildman–Crippen MR) is 78.6 cm³/mol. The summed E-state index contributed by atoms with van der Waals surface area (Å²) < 4.78 is 0. The molecule has 0 saturated carbocycles. The molecule has 2 heterocycles. The molecule has 1 fully saturated rings. The summed E-state index contributed by atoms with van der Waals surface area (Å²) in [7, 11) is 0. The molecule has 1 aromatic heterocycles. The Labute approximate surface area is 118 Å². The molecule has 0 amide bonds. The molecule has 0 radical (unpaired) electrons. The van der Waals surface area contributed by atoms with E-state index < -0.39 is 0 Å². The minimum atomic E-state index is 0.126. The van der Waals surface area contributed by atoms with Gasteiger partial charge in [0.2, 0.25) is 0 Å². The van der Waals surface area contributed by atoms with Crippen LogP contribution in [0, 0.1) is 0 Å². The van der Waals surface area contributed by atoms with Crippen molar-refractivity contribution >= 4 is 5.96 Å². The Hall–Kier alpha value is -2.43. The first kappa shape index (κ1) is 12.6. The molecule has 0 bridgehead atoms. The average molecular weight is 267 g/mol. The van der Waals surface area contributed by atoms with Crippen molar-refractivity contribution in [2.24, 2.45) is 4.99 Å². The second-order valence-electron chi connectivity index (χ2n) is 4.64. The van der Waals surface area contributed by atoms with Crippen molar-refractivity contribution in [2.45, 2.75) is 5.92 Å². The van der Waals surface area contributed by atoms with Crippen molar-refractivity contribution in [3.63, 3.8) is 0 Å². The van der Waals surface area contributed by atoms with Gasteiger partial charge in [-0.05, 0) is 5.56 Å². The Kier molecular flexibility index (Phi) is 3.87. The lowest BCUT2D eigenvalue weighted by atomic mass is 9.96. The first-order valence-corrected chi connectivity index (χ1v) is 6.76. The summed E-state index contributed by atoms with van der Waals surface area (Å²) in [6.45, 7) is 2.51. The van der Waals surface area contributed by atoms with E-state index in [2.05, 4.69) is 37.7 Å². The van der Waals surface area contributed by atoms with Crippen molar-refractivity contribution in [3.8, 4) is 0 Å². The second kappa shape index (κ2) is 6.14. The summed E-state index contributed by atoms with van der Waals surface area (Å²) in [5, 5.41) is 6.44. The molecular weight excluding hydrogens is 250 g/mol. The standard InChI is InChI=1S/C15H17N5/c1-2-4-12(5-3-1)13(14-11-16-6-7-17-14)10-20-15-18-8-9-19-15/h1-7,11,13H,8-10H2,(H2,18,19,20). The number of nitrogens with one attached hydrogen (secondary N) is 2. The van der Waals surface area contributed by atoms with E-state index in [1.165, 1.54) is 5.56 Å². The van der Waals surface area contributed by atoms with E-state index in [4.69, 9.17) is 0 Å². The molecule has 1 atom stereocenters. The van der Waals surface area contributed by atoms with Gasteiger partial charge in [0.05, 0.1) is 12.2 Å². The van der Waals surface area contributed by atoms with Gasteiger partial charge < -0.3 is 10.6 Å². The number of guanidine groups is 1. The molecule has 1 aromatic carbocycles. The zero-order chi connectivity index (χ0) is 13.6. The molecule has 1 aliphatic heterocycles. The number of hydrogen-bond acceptors (Lipinski definition) is 3. The highest BCUT2D eigenvalue weighted by Crippen LogP contribution is 2.22. The van der Waals surface area contributed by atoms with E-state index in [1.807, 2.05) is 24.4 Å². The molecule has 0 aliphatic carbocycles. The molecule has 1 aliphatic rings. The number of rotatable bonds is 4. The van der Waals surface area contributed by atoms with Gasteiger partial charge in [0.15, 0.2) is 5.96 Å². The normalized spacial score (nSPS) is 15.3. The van der Waals surface area contributed by atoms with Crippen LogP contribution in [0.2, 0.25) is 0 Å². The zero-order valence-electron chi connectivity index (χ0n) is 11.2. The first-order valence-electron chi connectivity index (χ1n) is 6.76. The van der Waals surface area contributed by atoms with E-state index in [0.29, 0.717) is 6.54 Å². The minimum absolute atomic E-state index is 0.126. The summed E-state index contributed by atoms with van der Waals surface area (Å²) >= 11 is 0. The molecule has 2 N–H and O–H groups in total. The third kappa shape index (κ3) is 2.93. The smallest absolute Gasteiger partial charge is 0.191 e. The van der Waals surface area contributed by atoms with E-state index in [-0.39, 0.29) is 5.92 Å². The summed E-state index contributed by atoms with van der Waals surface area (Å²) in [6.07, 6.45) is 5.23.